The first-order valence-corrected chi connectivity index (χ1v) is 4.89. The van der Waals surface area contributed by atoms with Gasteiger partial charge in [0.25, 0.3) is 0 Å². The minimum Gasteiger partial charge on any atom is -0.314 e. The molecular formula is C7H16Cl2N2. The average Bonchev–Trinajstić information content (AvgIpc) is 2.72. The molecule has 0 spiro atoms. The van der Waals surface area contributed by atoms with E-state index in [1.165, 1.54) is 13.1 Å². The maximum absolute atomic E-state index is 5.45. The molecule has 0 atom stereocenters. The quantitative estimate of drug-likeness (QED) is 0.539. The number of nitrogens with zero attached hydrogens (tertiary/aromatic N) is 1. The van der Waals surface area contributed by atoms with Crippen molar-refractivity contribution < 1.29 is 0 Å². The summed E-state index contributed by atoms with van der Waals surface area (Å²) in [6.45, 7) is 4.35. The van der Waals surface area contributed by atoms with E-state index in [9.17, 15) is 0 Å². The fourth-order valence-electron chi connectivity index (χ4n) is 0.400. The molecule has 1 heterocycles. The lowest BCUT2D eigenvalue weighted by molar-refractivity contribution is 0.378. The first kappa shape index (κ1) is 11.5. The lowest BCUT2D eigenvalue weighted by Crippen LogP contribution is -2.22. The lowest BCUT2D eigenvalue weighted by Gasteiger charge is -2.11. The summed E-state index contributed by atoms with van der Waals surface area (Å²) in [4.78, 5) is 2.10. The molecule has 0 saturated carbocycles. The zero-order chi connectivity index (χ0) is 8.53. The molecule has 2 nitrogen and oxygen atoms in total. The highest BCUT2D eigenvalue weighted by Gasteiger charge is 1.92. The molecular weight excluding hydrogens is 183 g/mol. The molecule has 0 aromatic rings. The molecule has 1 fully saturated rings. The van der Waals surface area contributed by atoms with Crippen LogP contribution in [0.2, 0.25) is 0 Å². The third kappa shape index (κ3) is 13.5. The van der Waals surface area contributed by atoms with Crippen molar-refractivity contribution >= 4 is 23.2 Å². The van der Waals surface area contributed by atoms with Crippen molar-refractivity contribution in [3.63, 3.8) is 0 Å². The molecule has 4 heteroatoms. The van der Waals surface area contributed by atoms with Gasteiger partial charge in [-0.3, -0.25) is 0 Å². The molecule has 1 aliphatic rings. The van der Waals surface area contributed by atoms with Gasteiger partial charge in [0.05, 0.1) is 0 Å². The second kappa shape index (κ2) is 8.60. The number of alkyl halides is 2. The summed E-state index contributed by atoms with van der Waals surface area (Å²) in [6, 6.07) is 0. The standard InChI is InChI=1S/C5H11Cl2N.C2H5N/c1-8(4-2-6)5-3-7;1-2-3-1/h2-5H2,1H3;3H,1-2H2. The Morgan fingerprint density at radius 1 is 1.18 bits per heavy atom. The van der Waals surface area contributed by atoms with Crippen LogP contribution in [0.1, 0.15) is 0 Å². The Morgan fingerprint density at radius 3 is 1.73 bits per heavy atom. The van der Waals surface area contributed by atoms with Crippen molar-refractivity contribution in [2.75, 3.05) is 45.0 Å². The van der Waals surface area contributed by atoms with Gasteiger partial charge in [-0.1, -0.05) is 0 Å². The Kier molecular flexibility index (Phi) is 8.99. The van der Waals surface area contributed by atoms with Crippen LogP contribution in [0.25, 0.3) is 0 Å². The summed E-state index contributed by atoms with van der Waals surface area (Å²) in [5, 5.41) is 3.00. The maximum Gasteiger partial charge on any atom is 0.0351 e. The van der Waals surface area contributed by atoms with Crippen LogP contribution in [0.5, 0.6) is 0 Å². The van der Waals surface area contributed by atoms with E-state index in [2.05, 4.69) is 10.2 Å². The third-order valence-corrected chi connectivity index (χ3v) is 1.52. The highest BCUT2D eigenvalue weighted by Crippen LogP contribution is 1.85. The number of rotatable bonds is 4. The molecule has 0 amide bonds. The monoisotopic (exact) mass is 198 g/mol. The Hall–Kier alpha value is 0.500. The van der Waals surface area contributed by atoms with E-state index in [-0.39, 0.29) is 0 Å². The summed E-state index contributed by atoms with van der Waals surface area (Å²) in [6.07, 6.45) is 0. The van der Waals surface area contributed by atoms with Crippen molar-refractivity contribution in [1.29, 1.82) is 0 Å². The van der Waals surface area contributed by atoms with Crippen LogP contribution in [0.15, 0.2) is 0 Å². The average molecular weight is 199 g/mol. The summed E-state index contributed by atoms with van der Waals surface area (Å²) in [5.74, 6) is 1.38. The van der Waals surface area contributed by atoms with Gasteiger partial charge in [-0.25, -0.2) is 0 Å². The van der Waals surface area contributed by atoms with E-state index < -0.39 is 0 Å². The highest BCUT2D eigenvalue weighted by molar-refractivity contribution is 6.18. The molecule has 0 unspecified atom stereocenters. The van der Waals surface area contributed by atoms with Gasteiger partial charge in [0.15, 0.2) is 0 Å². The van der Waals surface area contributed by atoms with Crippen molar-refractivity contribution in [1.82, 2.24) is 10.2 Å². The molecule has 68 valence electrons. The fraction of sp³-hybridized carbons (Fsp3) is 1.00. The number of nitrogens with one attached hydrogen (secondary N) is 1. The molecule has 0 radical (unpaired) electrons. The Bertz CT molecular complexity index is 70.1. The number of halogens is 2. The van der Waals surface area contributed by atoms with Crippen LogP contribution in [0.3, 0.4) is 0 Å². The summed E-state index contributed by atoms with van der Waals surface area (Å²) < 4.78 is 0. The zero-order valence-corrected chi connectivity index (χ0v) is 8.46. The van der Waals surface area contributed by atoms with Gasteiger partial charge in [-0.15, -0.1) is 23.2 Å². The van der Waals surface area contributed by atoms with Crippen molar-refractivity contribution in [2.24, 2.45) is 0 Å². The zero-order valence-electron chi connectivity index (χ0n) is 6.95. The second-order valence-electron chi connectivity index (χ2n) is 2.43. The van der Waals surface area contributed by atoms with Gasteiger partial charge in [-0.05, 0) is 7.05 Å². The van der Waals surface area contributed by atoms with Crippen LogP contribution >= 0.6 is 23.2 Å². The van der Waals surface area contributed by atoms with E-state index in [1.54, 1.807) is 0 Å². The van der Waals surface area contributed by atoms with Crippen LogP contribution in [0, 0.1) is 0 Å². The summed E-state index contributed by atoms with van der Waals surface area (Å²) in [7, 11) is 2.00. The molecule has 1 N–H and O–H groups in total. The predicted molar refractivity (Wildman–Crippen MR) is 51.8 cm³/mol. The first-order chi connectivity index (χ1) is 5.31. The smallest absolute Gasteiger partial charge is 0.0351 e. The van der Waals surface area contributed by atoms with Crippen molar-refractivity contribution in [3.8, 4) is 0 Å². The van der Waals surface area contributed by atoms with E-state index in [1.807, 2.05) is 7.05 Å². The molecule has 0 aliphatic carbocycles. The maximum atomic E-state index is 5.45. The molecule has 1 aliphatic heterocycles. The van der Waals surface area contributed by atoms with E-state index in [0.29, 0.717) is 11.8 Å². The van der Waals surface area contributed by atoms with Gasteiger partial charge in [0.2, 0.25) is 0 Å². The van der Waals surface area contributed by atoms with Crippen molar-refractivity contribution in [2.45, 2.75) is 0 Å². The van der Waals surface area contributed by atoms with E-state index in [4.69, 9.17) is 23.2 Å². The van der Waals surface area contributed by atoms with Crippen LogP contribution < -0.4 is 5.32 Å². The summed E-state index contributed by atoms with van der Waals surface area (Å²) >= 11 is 10.9. The largest absolute Gasteiger partial charge is 0.314 e. The van der Waals surface area contributed by atoms with Crippen LogP contribution in [-0.2, 0) is 0 Å². The molecule has 0 bridgehead atoms. The Morgan fingerprint density at radius 2 is 1.55 bits per heavy atom. The van der Waals surface area contributed by atoms with Gasteiger partial charge in [0, 0.05) is 37.9 Å². The van der Waals surface area contributed by atoms with Crippen molar-refractivity contribution in [3.05, 3.63) is 0 Å². The number of hydrogen-bond donors (Lipinski definition) is 1. The number of hydrogen-bond acceptors (Lipinski definition) is 2. The highest BCUT2D eigenvalue weighted by atomic mass is 35.5. The molecule has 0 aromatic carbocycles. The second-order valence-corrected chi connectivity index (χ2v) is 3.19. The van der Waals surface area contributed by atoms with Gasteiger partial charge in [0.1, 0.15) is 0 Å². The predicted octanol–water partition coefficient (Wildman–Crippen LogP) is 0.985. The molecule has 0 aromatic heterocycles. The Balaban J connectivity index is 0.000000271. The first-order valence-electron chi connectivity index (χ1n) is 3.82. The molecule has 1 rings (SSSR count). The topological polar surface area (TPSA) is 25.2 Å². The summed E-state index contributed by atoms with van der Waals surface area (Å²) in [5.41, 5.74) is 0. The Labute approximate surface area is 78.8 Å². The van der Waals surface area contributed by atoms with Gasteiger partial charge in [-0.2, -0.15) is 0 Å². The SMILES string of the molecule is C1CN1.CN(CCCl)CCCl. The van der Waals surface area contributed by atoms with Gasteiger partial charge >= 0.3 is 0 Å². The normalized spacial score (nSPS) is 14.2. The third-order valence-electron chi connectivity index (χ3n) is 1.18. The molecule has 11 heavy (non-hydrogen) atoms. The van der Waals surface area contributed by atoms with E-state index >= 15 is 0 Å². The fourth-order valence-corrected chi connectivity index (χ4v) is 0.977. The van der Waals surface area contributed by atoms with E-state index in [0.717, 1.165) is 13.1 Å². The van der Waals surface area contributed by atoms with Crippen LogP contribution in [0.4, 0.5) is 0 Å². The lowest BCUT2D eigenvalue weighted by atomic mass is 10.6. The molecule has 1 saturated heterocycles. The minimum absolute atomic E-state index is 0.688. The minimum atomic E-state index is 0.688. The van der Waals surface area contributed by atoms with Crippen LogP contribution in [-0.4, -0.2) is 49.9 Å². The van der Waals surface area contributed by atoms with Gasteiger partial charge < -0.3 is 10.2 Å².